The summed E-state index contributed by atoms with van der Waals surface area (Å²) in [5.74, 6) is -2.38. The first-order valence-electron chi connectivity index (χ1n) is 11.8. The standard InChI is InChI=1S/C26H29F2N3O3/c1-3-4-24(32)17(2)18-5-7-20(8-6-18)34-21-11-12-31(15-21)23-9-10-25(30-22(23)14-29)33-16-19-13-26(19,27)28/h5-10,17,19,21H,3-4,11-13,15-16H2,1-2H3/t17?,19?,21-/m1/s1. The summed E-state index contributed by atoms with van der Waals surface area (Å²) in [6, 6.07) is 13.1. The molecule has 34 heavy (non-hydrogen) atoms. The highest BCUT2D eigenvalue weighted by atomic mass is 19.3. The number of Topliss-reactive ketones (excluding diaryl/α,β-unsaturated/α-hetero) is 1. The van der Waals surface area contributed by atoms with Crippen LogP contribution in [0.5, 0.6) is 11.6 Å². The Labute approximate surface area is 198 Å². The molecular formula is C26H29F2N3O3. The average molecular weight is 470 g/mol. The molecular weight excluding hydrogens is 440 g/mol. The summed E-state index contributed by atoms with van der Waals surface area (Å²) in [7, 11) is 0. The van der Waals surface area contributed by atoms with Gasteiger partial charge in [0.15, 0.2) is 5.69 Å². The van der Waals surface area contributed by atoms with E-state index in [-0.39, 0.29) is 42.4 Å². The van der Waals surface area contributed by atoms with Crippen molar-refractivity contribution in [3.63, 3.8) is 0 Å². The first-order chi connectivity index (χ1) is 16.3. The van der Waals surface area contributed by atoms with Gasteiger partial charge < -0.3 is 14.4 Å². The number of aromatic nitrogens is 1. The van der Waals surface area contributed by atoms with Gasteiger partial charge in [0.25, 0.3) is 5.92 Å². The van der Waals surface area contributed by atoms with Gasteiger partial charge in [-0.25, -0.2) is 13.8 Å². The summed E-state index contributed by atoms with van der Waals surface area (Å²) in [6.07, 6.45) is 2.00. The van der Waals surface area contributed by atoms with Crippen LogP contribution in [-0.2, 0) is 4.79 Å². The van der Waals surface area contributed by atoms with Gasteiger partial charge in [-0.3, -0.25) is 4.79 Å². The van der Waals surface area contributed by atoms with Crippen molar-refractivity contribution in [2.45, 2.75) is 57.5 Å². The summed E-state index contributed by atoms with van der Waals surface area (Å²) in [5.41, 5.74) is 1.86. The van der Waals surface area contributed by atoms with Gasteiger partial charge in [-0.2, -0.15) is 5.26 Å². The third-order valence-electron chi connectivity index (χ3n) is 6.49. The smallest absolute Gasteiger partial charge is 0.255 e. The summed E-state index contributed by atoms with van der Waals surface area (Å²) < 4.78 is 37.6. The molecule has 1 saturated heterocycles. The highest BCUT2D eigenvalue weighted by Gasteiger charge is 2.57. The number of hydrogen-bond acceptors (Lipinski definition) is 6. The molecule has 3 atom stereocenters. The number of carbonyl (C=O) groups excluding carboxylic acids is 1. The fraction of sp³-hybridized carbons (Fsp3) is 0.500. The Morgan fingerprint density at radius 2 is 2.03 bits per heavy atom. The van der Waals surface area contributed by atoms with Gasteiger partial charge in [-0.05, 0) is 30.2 Å². The fourth-order valence-corrected chi connectivity index (χ4v) is 4.21. The van der Waals surface area contributed by atoms with E-state index < -0.39 is 11.8 Å². The van der Waals surface area contributed by atoms with E-state index >= 15 is 0 Å². The maximum absolute atomic E-state index is 13.0. The zero-order chi connectivity index (χ0) is 24.3. The number of carbonyl (C=O) groups is 1. The van der Waals surface area contributed by atoms with E-state index in [1.807, 2.05) is 43.0 Å². The SMILES string of the molecule is CCCC(=O)C(C)c1ccc(O[C@@H]2CCN(c3ccc(OCC4CC4(F)F)nc3C#N)C2)cc1. The molecule has 2 aliphatic rings. The molecule has 1 aromatic heterocycles. The summed E-state index contributed by atoms with van der Waals surface area (Å²) in [4.78, 5) is 18.4. The van der Waals surface area contributed by atoms with E-state index in [0.717, 1.165) is 24.2 Å². The van der Waals surface area contributed by atoms with Crippen LogP contribution in [0, 0.1) is 17.2 Å². The molecule has 1 saturated carbocycles. The maximum atomic E-state index is 13.0. The predicted octanol–water partition coefficient (Wildman–Crippen LogP) is 5.12. The number of anilines is 1. The molecule has 1 aromatic carbocycles. The first-order valence-corrected chi connectivity index (χ1v) is 11.8. The second kappa shape index (κ2) is 9.96. The van der Waals surface area contributed by atoms with Crippen LogP contribution in [0.2, 0.25) is 0 Å². The van der Waals surface area contributed by atoms with Gasteiger partial charge in [0.1, 0.15) is 23.7 Å². The summed E-state index contributed by atoms with van der Waals surface area (Å²) in [6.45, 7) is 5.13. The minimum Gasteiger partial charge on any atom is -0.489 e. The van der Waals surface area contributed by atoms with Crippen molar-refractivity contribution in [3.05, 3.63) is 47.7 Å². The predicted molar refractivity (Wildman–Crippen MR) is 124 cm³/mol. The number of hydrogen-bond donors (Lipinski definition) is 0. The molecule has 0 bridgehead atoms. The molecule has 1 aliphatic heterocycles. The lowest BCUT2D eigenvalue weighted by atomic mass is 9.94. The quantitative estimate of drug-likeness (QED) is 0.481. The Balaban J connectivity index is 1.33. The van der Waals surface area contributed by atoms with Gasteiger partial charge in [-0.1, -0.05) is 26.0 Å². The van der Waals surface area contributed by atoms with Crippen molar-refractivity contribution in [1.29, 1.82) is 5.26 Å². The van der Waals surface area contributed by atoms with Crippen molar-refractivity contribution in [2.75, 3.05) is 24.6 Å². The van der Waals surface area contributed by atoms with Gasteiger partial charge in [0, 0.05) is 37.8 Å². The van der Waals surface area contributed by atoms with Crippen LogP contribution in [0.25, 0.3) is 0 Å². The molecule has 2 fully saturated rings. The Bertz CT molecular complexity index is 1070. The fourth-order valence-electron chi connectivity index (χ4n) is 4.21. The van der Waals surface area contributed by atoms with Crippen LogP contribution < -0.4 is 14.4 Å². The highest BCUT2D eigenvalue weighted by molar-refractivity contribution is 5.85. The van der Waals surface area contributed by atoms with Crippen molar-refractivity contribution in [1.82, 2.24) is 4.98 Å². The van der Waals surface area contributed by atoms with Crippen LogP contribution in [0.3, 0.4) is 0 Å². The molecule has 4 rings (SSSR count). The third kappa shape index (κ3) is 5.46. The second-order valence-corrected chi connectivity index (χ2v) is 9.08. The number of benzene rings is 1. The molecule has 0 N–H and O–H groups in total. The topological polar surface area (TPSA) is 75.4 Å². The van der Waals surface area contributed by atoms with E-state index in [2.05, 4.69) is 11.1 Å². The maximum Gasteiger partial charge on any atom is 0.255 e. The van der Waals surface area contributed by atoms with E-state index in [4.69, 9.17) is 9.47 Å². The van der Waals surface area contributed by atoms with Crippen LogP contribution in [0.1, 0.15) is 56.7 Å². The Hall–Kier alpha value is -3.21. The van der Waals surface area contributed by atoms with E-state index in [1.165, 1.54) is 0 Å². The number of pyridine rings is 1. The Morgan fingerprint density at radius 3 is 2.68 bits per heavy atom. The van der Waals surface area contributed by atoms with E-state index in [9.17, 15) is 18.8 Å². The molecule has 180 valence electrons. The lowest BCUT2D eigenvalue weighted by molar-refractivity contribution is -0.120. The van der Waals surface area contributed by atoms with Gasteiger partial charge in [-0.15, -0.1) is 0 Å². The number of rotatable bonds is 10. The molecule has 2 unspecified atom stereocenters. The largest absolute Gasteiger partial charge is 0.489 e. The number of ether oxygens (including phenoxy) is 2. The van der Waals surface area contributed by atoms with Crippen molar-refractivity contribution in [2.24, 2.45) is 5.92 Å². The summed E-state index contributed by atoms with van der Waals surface area (Å²) >= 11 is 0. The minimum atomic E-state index is -2.65. The van der Waals surface area contributed by atoms with Crippen molar-refractivity contribution in [3.8, 4) is 17.7 Å². The molecule has 0 spiro atoms. The van der Waals surface area contributed by atoms with E-state index in [1.54, 1.807) is 12.1 Å². The van der Waals surface area contributed by atoms with Crippen LogP contribution >= 0.6 is 0 Å². The number of nitriles is 1. The molecule has 2 heterocycles. The van der Waals surface area contributed by atoms with Gasteiger partial charge in [0.2, 0.25) is 5.88 Å². The third-order valence-corrected chi connectivity index (χ3v) is 6.49. The van der Waals surface area contributed by atoms with Gasteiger partial charge >= 0.3 is 0 Å². The molecule has 8 heteroatoms. The van der Waals surface area contributed by atoms with Crippen LogP contribution in [0.4, 0.5) is 14.5 Å². The average Bonchev–Trinajstić information content (AvgIpc) is 3.20. The molecule has 6 nitrogen and oxygen atoms in total. The van der Waals surface area contributed by atoms with Crippen LogP contribution in [-0.4, -0.2) is 42.5 Å². The number of alkyl halides is 2. The van der Waals surface area contributed by atoms with Crippen molar-refractivity contribution < 1.29 is 23.0 Å². The molecule has 2 aromatic rings. The highest BCUT2D eigenvalue weighted by Crippen LogP contribution is 2.48. The van der Waals surface area contributed by atoms with E-state index in [0.29, 0.717) is 25.2 Å². The van der Waals surface area contributed by atoms with Gasteiger partial charge in [0.05, 0.1) is 24.8 Å². The van der Waals surface area contributed by atoms with Crippen LogP contribution in [0.15, 0.2) is 36.4 Å². The molecule has 1 aliphatic carbocycles. The lowest BCUT2D eigenvalue weighted by Crippen LogP contribution is -2.25. The van der Waals surface area contributed by atoms with Crippen molar-refractivity contribution >= 4 is 11.5 Å². The first kappa shape index (κ1) is 23.9. The Morgan fingerprint density at radius 1 is 1.29 bits per heavy atom. The Kier molecular flexibility index (Phi) is 7.01. The second-order valence-electron chi connectivity index (χ2n) is 9.08. The number of ketones is 1. The lowest BCUT2D eigenvalue weighted by Gasteiger charge is -2.20. The monoisotopic (exact) mass is 469 g/mol. The normalized spacial score (nSPS) is 21.6. The zero-order valence-corrected chi connectivity index (χ0v) is 19.5. The number of halogens is 2. The number of nitrogens with zero attached hydrogens (tertiary/aromatic N) is 3. The molecule has 0 amide bonds. The minimum absolute atomic E-state index is 0.0513. The molecule has 0 radical (unpaired) electrons. The zero-order valence-electron chi connectivity index (χ0n) is 19.5. The summed E-state index contributed by atoms with van der Waals surface area (Å²) in [5, 5.41) is 9.55.